The Labute approximate surface area is 310 Å². The third-order valence-electron chi connectivity index (χ3n) is 11.0. The van der Waals surface area contributed by atoms with Crippen molar-refractivity contribution in [3.63, 3.8) is 0 Å². The van der Waals surface area contributed by atoms with Crippen molar-refractivity contribution in [1.82, 2.24) is 18.3 Å². The van der Waals surface area contributed by atoms with Crippen molar-refractivity contribution in [2.75, 3.05) is 0 Å². The molecule has 0 atom stereocenters. The molecule has 0 unspecified atom stereocenters. The molecular weight excluding hydrogens is 665 g/mol. The predicted octanol–water partition coefficient (Wildman–Crippen LogP) is 11.0. The van der Waals surface area contributed by atoms with E-state index in [4.69, 9.17) is 0 Å². The Balaban J connectivity index is 1.17. The lowest BCUT2D eigenvalue weighted by atomic mass is 10.0. The number of rotatable bonds is 4. The topological polar surface area (TPSA) is 53.9 Å². The van der Waals surface area contributed by atoms with Gasteiger partial charge in [0.05, 0.1) is 22.2 Å². The number of aromatic nitrogens is 4. The van der Waals surface area contributed by atoms with Crippen LogP contribution in [0.1, 0.15) is 38.4 Å². The van der Waals surface area contributed by atoms with Crippen LogP contribution in [0.4, 0.5) is 0 Å². The van der Waals surface area contributed by atoms with E-state index in [1.165, 1.54) is 5.56 Å². The number of hydrogen-bond acceptors (Lipinski definition) is 2. The smallest absolute Gasteiger partial charge is 0.264 e. The number of hydrogen-bond donors (Lipinski definition) is 0. The second kappa shape index (κ2) is 11.7. The quantitative estimate of drug-likeness (QED) is 0.184. The zero-order valence-electron chi connectivity index (χ0n) is 29.2. The second-order valence-electron chi connectivity index (χ2n) is 14.0. The van der Waals surface area contributed by atoms with E-state index in [1.54, 1.807) is 0 Å². The number of carbonyl (C=O) groups excluding carboxylic acids is 2. The van der Waals surface area contributed by atoms with Crippen LogP contribution in [0.25, 0.3) is 72.2 Å². The van der Waals surface area contributed by atoms with Gasteiger partial charge in [-0.2, -0.15) is 0 Å². The van der Waals surface area contributed by atoms with E-state index in [9.17, 15) is 9.59 Å². The number of para-hydroxylation sites is 3. The Morgan fingerprint density at radius 1 is 0.444 bits per heavy atom. The van der Waals surface area contributed by atoms with Gasteiger partial charge in [-0.3, -0.25) is 27.9 Å². The summed E-state index contributed by atoms with van der Waals surface area (Å²) >= 11 is 0. The van der Waals surface area contributed by atoms with E-state index in [1.807, 2.05) is 100 Å². The monoisotopic (exact) mass is 696 g/mol. The van der Waals surface area contributed by atoms with Gasteiger partial charge in [-0.05, 0) is 91.2 Å². The van der Waals surface area contributed by atoms with Crippen molar-refractivity contribution < 1.29 is 9.59 Å². The Hall–Kier alpha value is -7.18. The van der Waals surface area contributed by atoms with Crippen LogP contribution in [-0.2, 0) is 6.42 Å². The molecule has 6 nitrogen and oxygen atoms in total. The number of carbonyl (C=O) groups is 2. The maximum atomic E-state index is 14.5. The van der Waals surface area contributed by atoms with Crippen molar-refractivity contribution in [2.45, 2.75) is 12.8 Å². The van der Waals surface area contributed by atoms with E-state index >= 15 is 0 Å². The first-order valence-corrected chi connectivity index (χ1v) is 18.4. The molecule has 0 saturated carbocycles. The lowest BCUT2D eigenvalue weighted by Gasteiger charge is -2.16. The normalized spacial score (nSPS) is 12.7. The number of aryl methyl sites for hydroxylation is 1. The molecule has 10 aromatic rings. The second-order valence-corrected chi connectivity index (χ2v) is 14.0. The molecule has 4 aromatic heterocycles. The fourth-order valence-corrected chi connectivity index (χ4v) is 8.77. The summed E-state index contributed by atoms with van der Waals surface area (Å²) in [5.74, 6) is -0.137. The van der Waals surface area contributed by atoms with Crippen LogP contribution in [0.5, 0.6) is 0 Å². The van der Waals surface area contributed by atoms with Crippen LogP contribution in [0.2, 0.25) is 0 Å². The highest BCUT2D eigenvalue weighted by Crippen LogP contribution is 2.42. The molecule has 0 radical (unpaired) electrons. The molecule has 0 bridgehead atoms. The molecule has 0 saturated heterocycles. The highest BCUT2D eigenvalue weighted by atomic mass is 16.2. The highest BCUT2D eigenvalue weighted by Gasteiger charge is 2.29. The molecule has 54 heavy (non-hydrogen) atoms. The molecule has 256 valence electrons. The largest absolute Gasteiger partial charge is 0.295 e. The first-order valence-electron chi connectivity index (χ1n) is 18.4. The molecule has 0 aliphatic heterocycles. The minimum Gasteiger partial charge on any atom is -0.295 e. The first-order chi connectivity index (χ1) is 26.7. The van der Waals surface area contributed by atoms with Crippen LogP contribution in [0.3, 0.4) is 0 Å². The summed E-state index contributed by atoms with van der Waals surface area (Å²) in [6.45, 7) is 0. The first kappa shape index (κ1) is 30.4. The van der Waals surface area contributed by atoms with Crippen LogP contribution >= 0.6 is 0 Å². The number of fused-ring (bicyclic) bond motifs is 10. The van der Waals surface area contributed by atoms with Gasteiger partial charge in [-0.25, -0.2) is 0 Å². The average molecular weight is 697 g/mol. The molecule has 0 fully saturated rings. The minimum absolute atomic E-state index is 0.0596. The number of nitrogens with zero attached hydrogens (tertiary/aromatic N) is 4. The molecule has 6 heteroatoms. The van der Waals surface area contributed by atoms with E-state index < -0.39 is 0 Å². The predicted molar refractivity (Wildman–Crippen MR) is 218 cm³/mol. The average Bonchev–Trinajstić information content (AvgIpc) is 3.96. The van der Waals surface area contributed by atoms with Gasteiger partial charge in [0.25, 0.3) is 11.8 Å². The minimum atomic E-state index is -0.0773. The van der Waals surface area contributed by atoms with E-state index in [-0.39, 0.29) is 11.8 Å². The summed E-state index contributed by atoms with van der Waals surface area (Å²) in [7, 11) is 0. The maximum absolute atomic E-state index is 14.5. The molecule has 1 aliphatic carbocycles. The Kier molecular flexibility index (Phi) is 6.58. The van der Waals surface area contributed by atoms with Crippen molar-refractivity contribution in [3.05, 3.63) is 186 Å². The van der Waals surface area contributed by atoms with Crippen LogP contribution in [0.15, 0.2) is 164 Å². The molecule has 6 aromatic carbocycles. The summed E-state index contributed by atoms with van der Waals surface area (Å²) in [5, 5.41) is 5.37. The highest BCUT2D eigenvalue weighted by molar-refractivity contribution is 6.25. The van der Waals surface area contributed by atoms with Crippen LogP contribution in [0, 0.1) is 0 Å². The van der Waals surface area contributed by atoms with Crippen LogP contribution < -0.4 is 0 Å². The van der Waals surface area contributed by atoms with E-state index in [0.717, 1.165) is 84.7 Å². The van der Waals surface area contributed by atoms with E-state index in [0.29, 0.717) is 11.1 Å². The summed E-state index contributed by atoms with van der Waals surface area (Å²) in [6.07, 6.45) is 6.27. The van der Waals surface area contributed by atoms with Gasteiger partial charge in [0.15, 0.2) is 0 Å². The SMILES string of the molecule is O=C(c1ccccc1)n1c2ccccc2c2c3c(n(-c4ccc(-n5c6ccccc6c6c7ccccc7n(C(=O)c7ccccc7)c65)cc4)c21)C=CCC3. The van der Waals surface area contributed by atoms with Crippen molar-refractivity contribution in [1.29, 1.82) is 0 Å². The zero-order chi connectivity index (χ0) is 35.9. The van der Waals surface area contributed by atoms with Gasteiger partial charge in [-0.1, -0.05) is 97.1 Å². The van der Waals surface area contributed by atoms with Gasteiger partial charge < -0.3 is 0 Å². The van der Waals surface area contributed by atoms with Gasteiger partial charge in [0, 0.05) is 49.4 Å². The zero-order valence-corrected chi connectivity index (χ0v) is 29.2. The molecule has 0 N–H and O–H groups in total. The third-order valence-corrected chi connectivity index (χ3v) is 11.0. The number of allylic oxidation sites excluding steroid dienone is 1. The Morgan fingerprint density at radius 2 is 0.889 bits per heavy atom. The summed E-state index contributed by atoms with van der Waals surface area (Å²) in [4.78, 5) is 28.9. The van der Waals surface area contributed by atoms with Crippen molar-refractivity contribution >= 4 is 72.7 Å². The fraction of sp³-hybridized carbons (Fsp3) is 0.0417. The van der Waals surface area contributed by atoms with E-state index in [2.05, 4.69) is 88.0 Å². The van der Waals surface area contributed by atoms with Gasteiger partial charge in [-0.15, -0.1) is 0 Å². The lowest BCUT2D eigenvalue weighted by molar-refractivity contribution is 0.0960. The van der Waals surface area contributed by atoms with Crippen LogP contribution in [-0.4, -0.2) is 30.1 Å². The van der Waals surface area contributed by atoms with Crippen molar-refractivity contribution in [3.8, 4) is 11.4 Å². The molecule has 0 amide bonds. The Morgan fingerprint density at radius 3 is 1.46 bits per heavy atom. The number of benzene rings is 6. The molecular formula is C48H32N4O2. The standard InChI is InChI=1S/C48H32N4O2/c53-47(31-15-3-1-4-16-31)51-41-25-13-9-21-37(41)43-35-19-7-11-23-39(35)49(45(43)51)33-27-29-34(30-28-33)50-40-24-12-8-20-36(40)44-38-22-10-14-26-42(38)52(46(44)50)48(54)32-17-5-2-6-18-32/h1-7,9-19,21-30H,8,20H2. The molecule has 4 heterocycles. The fourth-order valence-electron chi connectivity index (χ4n) is 8.77. The lowest BCUT2D eigenvalue weighted by Crippen LogP contribution is -2.14. The maximum Gasteiger partial charge on any atom is 0.264 e. The summed E-state index contributed by atoms with van der Waals surface area (Å²) < 4.78 is 8.24. The third kappa shape index (κ3) is 4.22. The molecule has 1 aliphatic rings. The Bertz CT molecular complexity index is 3170. The summed E-state index contributed by atoms with van der Waals surface area (Å²) in [6, 6.07) is 52.4. The van der Waals surface area contributed by atoms with Gasteiger partial charge in [0.1, 0.15) is 11.3 Å². The van der Waals surface area contributed by atoms with Crippen molar-refractivity contribution in [2.24, 2.45) is 0 Å². The van der Waals surface area contributed by atoms with Gasteiger partial charge >= 0.3 is 0 Å². The van der Waals surface area contributed by atoms with Gasteiger partial charge in [0.2, 0.25) is 0 Å². The molecule has 0 spiro atoms. The summed E-state index contributed by atoms with van der Waals surface area (Å²) in [5.41, 5.74) is 10.0. The molecule has 11 rings (SSSR count).